The zero-order valence-corrected chi connectivity index (χ0v) is 21.6. The molecule has 0 radical (unpaired) electrons. The molecule has 1 saturated heterocycles. The Morgan fingerprint density at radius 3 is 2.32 bits per heavy atom. The van der Waals surface area contributed by atoms with Crippen LogP contribution in [0.25, 0.3) is 11.1 Å². The lowest BCUT2D eigenvalue weighted by atomic mass is 10.0. The molecule has 37 heavy (non-hydrogen) atoms. The van der Waals surface area contributed by atoms with Gasteiger partial charge >= 0.3 is 12.2 Å². The van der Waals surface area contributed by atoms with Crippen molar-refractivity contribution in [2.75, 3.05) is 24.5 Å². The van der Waals surface area contributed by atoms with Crippen LogP contribution in [0.1, 0.15) is 45.0 Å². The molecule has 4 amide bonds. The van der Waals surface area contributed by atoms with E-state index in [4.69, 9.17) is 15.2 Å². The number of nitrogens with one attached hydrogen (secondary N) is 2. The van der Waals surface area contributed by atoms with E-state index in [0.717, 1.165) is 0 Å². The summed E-state index contributed by atoms with van der Waals surface area (Å²) in [4.78, 5) is 48.3. The van der Waals surface area contributed by atoms with Gasteiger partial charge in [-0.1, -0.05) is 26.0 Å². The molecule has 1 aliphatic heterocycles. The number of cyclic esters (lactones) is 1. The number of rotatable bonds is 7. The molecule has 0 bridgehead atoms. The van der Waals surface area contributed by atoms with Crippen molar-refractivity contribution in [2.24, 2.45) is 5.73 Å². The summed E-state index contributed by atoms with van der Waals surface area (Å²) in [5.74, 6) is -1.62. The number of amides is 4. The van der Waals surface area contributed by atoms with Crippen LogP contribution in [-0.4, -0.2) is 55.3 Å². The predicted molar refractivity (Wildman–Crippen MR) is 137 cm³/mol. The Labute approximate surface area is 215 Å². The van der Waals surface area contributed by atoms with E-state index in [-0.39, 0.29) is 19.6 Å². The van der Waals surface area contributed by atoms with Gasteiger partial charge in [0.05, 0.1) is 25.3 Å². The molecule has 1 unspecified atom stereocenters. The van der Waals surface area contributed by atoms with Crippen LogP contribution in [0, 0.1) is 5.82 Å². The van der Waals surface area contributed by atoms with Crippen LogP contribution >= 0.6 is 0 Å². The quantitative estimate of drug-likeness (QED) is 0.514. The van der Waals surface area contributed by atoms with Crippen molar-refractivity contribution in [3.63, 3.8) is 0 Å². The Bertz CT molecular complexity index is 1130. The van der Waals surface area contributed by atoms with Crippen molar-refractivity contribution < 1.29 is 33.0 Å². The average molecular weight is 517 g/mol. The van der Waals surface area contributed by atoms with Gasteiger partial charge in [-0.3, -0.25) is 14.5 Å². The largest absolute Gasteiger partial charge is 0.444 e. The van der Waals surface area contributed by atoms with Gasteiger partial charge in [-0.2, -0.15) is 0 Å². The number of nitrogens with zero attached hydrogens (tertiary/aromatic N) is 1. The molecule has 1 heterocycles. The highest BCUT2D eigenvalue weighted by Crippen LogP contribution is 2.29. The minimum absolute atomic E-state index is 0.0177. The number of alkyl carbamates (subject to hydrolysis) is 1. The lowest BCUT2D eigenvalue weighted by molar-refractivity contribution is -0.120. The normalized spacial score (nSPS) is 14.7. The second-order valence-electron chi connectivity index (χ2n) is 8.88. The maximum Gasteiger partial charge on any atom is 0.414 e. The third-order valence-corrected chi connectivity index (χ3v) is 4.94. The van der Waals surface area contributed by atoms with Crippen molar-refractivity contribution in [3.05, 3.63) is 53.8 Å². The fourth-order valence-corrected chi connectivity index (χ4v) is 3.32. The van der Waals surface area contributed by atoms with E-state index in [1.807, 2.05) is 13.8 Å². The van der Waals surface area contributed by atoms with E-state index in [1.54, 1.807) is 39.0 Å². The Hall–Kier alpha value is -4.15. The van der Waals surface area contributed by atoms with Crippen LogP contribution in [-0.2, 0) is 14.3 Å². The molecule has 0 spiro atoms. The number of nitrogens with two attached hydrogens (primary N) is 1. The molecule has 2 aromatic carbocycles. The van der Waals surface area contributed by atoms with E-state index in [1.165, 1.54) is 29.2 Å². The minimum atomic E-state index is -0.722. The van der Waals surface area contributed by atoms with Crippen molar-refractivity contribution >= 4 is 29.7 Å². The molecule has 2 aromatic rings. The van der Waals surface area contributed by atoms with Gasteiger partial charge in [-0.15, -0.1) is 0 Å². The van der Waals surface area contributed by atoms with Crippen molar-refractivity contribution in [1.29, 1.82) is 0 Å². The number of benzene rings is 2. The maximum absolute atomic E-state index is 14.8. The number of carbonyl (C=O) groups excluding carboxylic acids is 4. The molecule has 200 valence electrons. The number of hydrogen-bond donors (Lipinski definition) is 3. The molecule has 1 atom stereocenters. The van der Waals surface area contributed by atoms with E-state index in [9.17, 15) is 23.6 Å². The Morgan fingerprint density at radius 2 is 1.76 bits per heavy atom. The van der Waals surface area contributed by atoms with Gasteiger partial charge in [0.2, 0.25) is 11.8 Å². The Balaban J connectivity index is 0.00000235. The molecular formula is C26H33FN4O6. The van der Waals surface area contributed by atoms with Crippen LogP contribution in [0.15, 0.2) is 42.5 Å². The minimum Gasteiger partial charge on any atom is -0.444 e. The maximum atomic E-state index is 14.8. The SMILES string of the molecule is CC.CC(C)(C)OC(=O)NCC(=O)NCC1CN(c2ccc(-c3ccc(C(N)=O)cc3)c(F)c2)C(=O)O1. The summed E-state index contributed by atoms with van der Waals surface area (Å²) >= 11 is 0. The van der Waals surface area contributed by atoms with Gasteiger partial charge in [-0.25, -0.2) is 14.0 Å². The predicted octanol–water partition coefficient (Wildman–Crippen LogP) is 3.58. The van der Waals surface area contributed by atoms with Gasteiger partial charge in [0.1, 0.15) is 17.5 Å². The van der Waals surface area contributed by atoms with E-state index >= 15 is 0 Å². The number of carbonyl (C=O) groups is 4. The molecule has 0 saturated carbocycles. The number of hydrogen-bond acceptors (Lipinski definition) is 6. The summed E-state index contributed by atoms with van der Waals surface area (Å²) in [5.41, 5.74) is 5.98. The van der Waals surface area contributed by atoms with Gasteiger partial charge in [0.25, 0.3) is 0 Å². The lowest BCUT2D eigenvalue weighted by Crippen LogP contribution is -2.42. The average Bonchev–Trinajstić information content (AvgIpc) is 3.22. The van der Waals surface area contributed by atoms with Crippen LogP contribution in [0.4, 0.5) is 19.7 Å². The van der Waals surface area contributed by atoms with Gasteiger partial charge in [0, 0.05) is 11.1 Å². The third kappa shape index (κ3) is 8.48. The van der Waals surface area contributed by atoms with Gasteiger partial charge in [-0.05, 0) is 56.7 Å². The van der Waals surface area contributed by atoms with Crippen LogP contribution in [0.5, 0.6) is 0 Å². The smallest absolute Gasteiger partial charge is 0.414 e. The first kappa shape index (κ1) is 29.1. The Kier molecular flexibility index (Phi) is 9.98. The van der Waals surface area contributed by atoms with E-state index in [2.05, 4.69) is 10.6 Å². The molecule has 4 N–H and O–H groups in total. The monoisotopic (exact) mass is 516 g/mol. The van der Waals surface area contributed by atoms with Crippen LogP contribution < -0.4 is 21.3 Å². The second kappa shape index (κ2) is 12.7. The van der Waals surface area contributed by atoms with Crippen molar-refractivity contribution in [1.82, 2.24) is 10.6 Å². The summed E-state index contributed by atoms with van der Waals surface area (Å²) < 4.78 is 25.1. The summed E-state index contributed by atoms with van der Waals surface area (Å²) in [6.45, 7) is 8.93. The third-order valence-electron chi connectivity index (χ3n) is 4.94. The Morgan fingerprint density at radius 1 is 1.11 bits per heavy atom. The van der Waals surface area contributed by atoms with Crippen LogP contribution in [0.3, 0.4) is 0 Å². The summed E-state index contributed by atoms with van der Waals surface area (Å²) in [5, 5.41) is 4.91. The second-order valence-corrected chi connectivity index (χ2v) is 8.88. The van der Waals surface area contributed by atoms with Crippen molar-refractivity contribution in [3.8, 4) is 11.1 Å². The molecular weight excluding hydrogens is 483 g/mol. The summed E-state index contributed by atoms with van der Waals surface area (Å²) in [7, 11) is 0. The first-order valence-corrected chi connectivity index (χ1v) is 11.8. The van der Waals surface area contributed by atoms with Crippen molar-refractivity contribution in [2.45, 2.75) is 46.3 Å². The van der Waals surface area contributed by atoms with E-state index < -0.39 is 41.5 Å². The number of ether oxygens (including phenoxy) is 2. The first-order chi connectivity index (χ1) is 17.4. The molecule has 0 aromatic heterocycles. The molecule has 10 nitrogen and oxygen atoms in total. The highest BCUT2D eigenvalue weighted by Gasteiger charge is 2.33. The first-order valence-electron chi connectivity index (χ1n) is 11.8. The topological polar surface area (TPSA) is 140 Å². The number of halogens is 1. The lowest BCUT2D eigenvalue weighted by Gasteiger charge is -2.19. The molecule has 1 aliphatic rings. The highest BCUT2D eigenvalue weighted by molar-refractivity contribution is 5.93. The fourth-order valence-electron chi connectivity index (χ4n) is 3.32. The fraction of sp³-hybridized carbons (Fsp3) is 0.385. The number of primary amides is 1. The molecule has 1 fully saturated rings. The van der Waals surface area contributed by atoms with Crippen LogP contribution in [0.2, 0.25) is 0 Å². The highest BCUT2D eigenvalue weighted by atomic mass is 19.1. The van der Waals surface area contributed by atoms with Gasteiger partial charge in [0.15, 0.2) is 0 Å². The summed E-state index contributed by atoms with van der Waals surface area (Å²) in [6, 6.07) is 10.5. The summed E-state index contributed by atoms with van der Waals surface area (Å²) in [6.07, 6.45) is -2.05. The zero-order chi connectivity index (χ0) is 27.8. The molecule has 0 aliphatic carbocycles. The molecule has 11 heteroatoms. The molecule has 3 rings (SSSR count). The zero-order valence-electron chi connectivity index (χ0n) is 21.6. The standard InChI is InChI=1S/C24H27FN4O6.C2H6/c1-24(2,3)35-22(32)28-12-20(30)27-11-17-13-29(23(33)34-17)16-8-9-18(19(25)10-16)14-4-6-15(7-5-14)21(26)31;1-2/h4-10,17H,11-13H2,1-3H3,(H2,26,31)(H,27,30)(H,28,32);1-2H3. The number of anilines is 1. The van der Waals surface area contributed by atoms with E-state index in [0.29, 0.717) is 22.4 Å². The van der Waals surface area contributed by atoms with Gasteiger partial charge < -0.3 is 25.8 Å².